The van der Waals surface area contributed by atoms with Crippen LogP contribution in [0.5, 0.6) is 0 Å². The second-order valence-electron chi connectivity index (χ2n) is 23.9. The van der Waals surface area contributed by atoms with E-state index in [1.165, 1.54) is 308 Å². The minimum absolute atomic E-state index is 0.00497. The molecule has 0 spiro atoms. The van der Waals surface area contributed by atoms with Gasteiger partial charge in [-0.25, -0.2) is 0 Å². The first-order valence-electron chi connectivity index (χ1n) is 34.6. The maximum absolute atomic E-state index is 12.5. The summed E-state index contributed by atoms with van der Waals surface area (Å²) < 4.78 is 5.49. The summed E-state index contributed by atoms with van der Waals surface area (Å²) in [5.41, 5.74) is 0. The molecule has 2 atom stereocenters. The molecule has 0 aromatic heterocycles. The van der Waals surface area contributed by atoms with E-state index in [-0.39, 0.29) is 18.5 Å². The van der Waals surface area contributed by atoms with Gasteiger partial charge in [0.1, 0.15) is 0 Å². The molecule has 0 aliphatic heterocycles. The van der Waals surface area contributed by atoms with Gasteiger partial charge in [-0.15, -0.1) is 0 Å². The molecule has 0 saturated heterocycles. The van der Waals surface area contributed by atoms with Crippen molar-refractivity contribution in [3.63, 3.8) is 0 Å². The number of rotatable bonds is 65. The van der Waals surface area contributed by atoms with Crippen molar-refractivity contribution in [1.29, 1.82) is 0 Å². The van der Waals surface area contributed by atoms with Gasteiger partial charge in [0.25, 0.3) is 0 Å². The van der Waals surface area contributed by atoms with Crippen molar-refractivity contribution in [3.8, 4) is 0 Å². The van der Waals surface area contributed by atoms with Crippen molar-refractivity contribution < 1.29 is 24.5 Å². The zero-order valence-corrected chi connectivity index (χ0v) is 51.5. The van der Waals surface area contributed by atoms with E-state index in [9.17, 15) is 19.8 Å². The van der Waals surface area contributed by atoms with Gasteiger partial charge in [-0.05, 0) is 77.0 Å². The number of ether oxygens (including phenoxy) is 1. The van der Waals surface area contributed by atoms with Gasteiger partial charge in [-0.2, -0.15) is 0 Å². The number of amides is 1. The Hall–Kier alpha value is -1.66. The summed E-state index contributed by atoms with van der Waals surface area (Å²) in [6.07, 6.45) is 82.1. The number of hydrogen-bond acceptors (Lipinski definition) is 5. The fourth-order valence-electron chi connectivity index (χ4n) is 10.9. The number of aliphatic hydroxyl groups is 2. The van der Waals surface area contributed by atoms with Crippen LogP contribution in [0.4, 0.5) is 0 Å². The summed E-state index contributed by atoms with van der Waals surface area (Å²) in [5.74, 6) is -0.0325. The smallest absolute Gasteiger partial charge is 0.305 e. The van der Waals surface area contributed by atoms with Crippen LogP contribution in [0.25, 0.3) is 0 Å². The molecule has 0 bridgehead atoms. The summed E-state index contributed by atoms with van der Waals surface area (Å²) in [5, 5.41) is 23.4. The van der Waals surface area contributed by atoms with Crippen molar-refractivity contribution in [3.05, 3.63) is 24.3 Å². The van der Waals surface area contributed by atoms with Gasteiger partial charge in [0.05, 0.1) is 25.4 Å². The van der Waals surface area contributed by atoms with Crippen LogP contribution >= 0.6 is 0 Å². The number of carbonyl (C=O) groups excluding carboxylic acids is 2. The maximum atomic E-state index is 12.5. The number of aliphatic hydroxyl groups excluding tert-OH is 2. The van der Waals surface area contributed by atoms with Gasteiger partial charge in [-0.3, -0.25) is 9.59 Å². The molecular weight excluding hydrogens is 935 g/mol. The Morgan fingerprint density at radius 2 is 0.618 bits per heavy atom. The first-order chi connectivity index (χ1) is 37.5. The highest BCUT2D eigenvalue weighted by Crippen LogP contribution is 2.18. The molecule has 2 unspecified atom stereocenters. The summed E-state index contributed by atoms with van der Waals surface area (Å²) in [7, 11) is 0. The Kier molecular flexibility index (Phi) is 64.4. The molecule has 0 aliphatic carbocycles. The standard InChI is InChI=1S/C70H135NO5/c1-3-5-7-9-11-13-15-17-19-21-22-28-31-34-38-42-46-50-54-58-62-68(73)67(66-72)71-69(74)63-59-55-51-47-43-39-35-32-29-26-24-23-25-27-30-33-37-41-45-49-53-57-61-65-76-70(75)64-60-56-52-48-44-40-36-20-18-16-14-12-10-8-6-4-2/h20,26,29,36,67-68,72-73H,3-19,21-25,27-28,30-35,37-66H2,1-2H3,(H,71,74)/b29-26-,36-20-. The van der Waals surface area contributed by atoms with Crippen molar-refractivity contribution >= 4 is 11.9 Å². The molecule has 450 valence electrons. The third-order valence-corrected chi connectivity index (χ3v) is 16.2. The summed E-state index contributed by atoms with van der Waals surface area (Å²) >= 11 is 0. The maximum Gasteiger partial charge on any atom is 0.305 e. The van der Waals surface area contributed by atoms with Gasteiger partial charge in [-0.1, -0.05) is 321 Å². The lowest BCUT2D eigenvalue weighted by Gasteiger charge is -2.22. The number of carbonyl (C=O) groups is 2. The van der Waals surface area contributed by atoms with E-state index in [1.54, 1.807) is 0 Å². The number of allylic oxidation sites excluding steroid dienone is 4. The normalized spacial score (nSPS) is 12.6. The van der Waals surface area contributed by atoms with Crippen molar-refractivity contribution in [1.82, 2.24) is 5.32 Å². The predicted octanol–water partition coefficient (Wildman–Crippen LogP) is 22.1. The minimum Gasteiger partial charge on any atom is -0.466 e. The largest absolute Gasteiger partial charge is 0.466 e. The molecule has 0 rings (SSSR count). The number of esters is 1. The Bertz CT molecular complexity index is 1190. The number of hydrogen-bond donors (Lipinski definition) is 3. The Labute approximate surface area is 475 Å². The lowest BCUT2D eigenvalue weighted by Crippen LogP contribution is -2.45. The zero-order valence-electron chi connectivity index (χ0n) is 51.5. The monoisotopic (exact) mass is 1070 g/mol. The van der Waals surface area contributed by atoms with Crippen molar-refractivity contribution in [2.45, 2.75) is 398 Å². The van der Waals surface area contributed by atoms with Crippen molar-refractivity contribution in [2.24, 2.45) is 0 Å². The molecule has 0 aromatic rings. The van der Waals surface area contributed by atoms with Crippen LogP contribution < -0.4 is 5.32 Å². The highest BCUT2D eigenvalue weighted by Gasteiger charge is 2.20. The van der Waals surface area contributed by atoms with Gasteiger partial charge < -0.3 is 20.3 Å². The average Bonchev–Trinajstić information content (AvgIpc) is 3.42. The summed E-state index contributed by atoms with van der Waals surface area (Å²) in [6.45, 7) is 4.98. The third kappa shape index (κ3) is 61.6. The van der Waals surface area contributed by atoms with E-state index >= 15 is 0 Å². The van der Waals surface area contributed by atoms with Crippen LogP contribution in [0.1, 0.15) is 386 Å². The van der Waals surface area contributed by atoms with Crippen molar-refractivity contribution in [2.75, 3.05) is 13.2 Å². The molecule has 0 saturated carbocycles. The van der Waals surface area contributed by atoms with E-state index in [2.05, 4.69) is 43.5 Å². The Morgan fingerprint density at radius 3 is 0.934 bits per heavy atom. The molecule has 0 aliphatic rings. The van der Waals surface area contributed by atoms with E-state index in [0.717, 1.165) is 44.9 Å². The van der Waals surface area contributed by atoms with E-state index < -0.39 is 12.1 Å². The van der Waals surface area contributed by atoms with Crippen LogP contribution in [-0.4, -0.2) is 47.4 Å². The second kappa shape index (κ2) is 65.9. The Morgan fingerprint density at radius 1 is 0.355 bits per heavy atom. The molecule has 6 nitrogen and oxygen atoms in total. The van der Waals surface area contributed by atoms with E-state index in [4.69, 9.17) is 4.74 Å². The highest BCUT2D eigenvalue weighted by molar-refractivity contribution is 5.76. The topological polar surface area (TPSA) is 95.9 Å². The molecular formula is C70H135NO5. The molecule has 76 heavy (non-hydrogen) atoms. The highest BCUT2D eigenvalue weighted by atomic mass is 16.5. The number of nitrogens with one attached hydrogen (secondary N) is 1. The van der Waals surface area contributed by atoms with Crippen LogP contribution in [0.2, 0.25) is 0 Å². The molecule has 0 fully saturated rings. The van der Waals surface area contributed by atoms with Gasteiger partial charge >= 0.3 is 5.97 Å². The minimum atomic E-state index is -0.669. The van der Waals surface area contributed by atoms with E-state index in [0.29, 0.717) is 25.9 Å². The van der Waals surface area contributed by atoms with Crippen LogP contribution in [-0.2, 0) is 14.3 Å². The fourth-order valence-corrected chi connectivity index (χ4v) is 10.9. The molecule has 0 radical (unpaired) electrons. The lowest BCUT2D eigenvalue weighted by atomic mass is 10.0. The third-order valence-electron chi connectivity index (χ3n) is 16.2. The molecule has 6 heteroatoms. The number of unbranched alkanes of at least 4 members (excludes halogenated alkanes) is 50. The zero-order chi connectivity index (χ0) is 55.0. The Balaban J connectivity index is 3.41. The predicted molar refractivity (Wildman–Crippen MR) is 333 cm³/mol. The lowest BCUT2D eigenvalue weighted by molar-refractivity contribution is -0.143. The average molecular weight is 1070 g/mol. The molecule has 3 N–H and O–H groups in total. The molecule has 0 heterocycles. The first kappa shape index (κ1) is 74.3. The molecule has 1 amide bonds. The van der Waals surface area contributed by atoms with Gasteiger partial charge in [0.15, 0.2) is 0 Å². The fraction of sp³-hybridized carbons (Fsp3) is 0.914. The van der Waals surface area contributed by atoms with Gasteiger partial charge in [0, 0.05) is 12.8 Å². The van der Waals surface area contributed by atoms with Crippen LogP contribution in [0, 0.1) is 0 Å². The summed E-state index contributed by atoms with van der Waals surface area (Å²) in [6, 6.07) is -0.547. The SMILES string of the molecule is CCCCCCCCC/C=C\CCCCCCCC(=O)OCCCCCCCCCCCCCC/C=C\CCCCCCCCCC(=O)NC(CO)C(O)CCCCCCCCCCCCCCCCCCCCCC. The van der Waals surface area contributed by atoms with Crippen LogP contribution in [0.15, 0.2) is 24.3 Å². The second-order valence-corrected chi connectivity index (χ2v) is 23.9. The van der Waals surface area contributed by atoms with Gasteiger partial charge in [0.2, 0.25) is 5.91 Å². The van der Waals surface area contributed by atoms with Crippen LogP contribution in [0.3, 0.4) is 0 Å². The quantitative estimate of drug-likeness (QED) is 0.0320. The molecule has 0 aromatic carbocycles. The summed E-state index contributed by atoms with van der Waals surface area (Å²) in [4.78, 5) is 24.6. The van der Waals surface area contributed by atoms with E-state index in [1.807, 2.05) is 0 Å². The first-order valence-corrected chi connectivity index (χ1v) is 34.6.